The number of carbonyl (C=O) groups excluding carboxylic acids is 1. The molecule has 1 N–H and O–H groups in total. The molecule has 0 bridgehead atoms. The lowest BCUT2D eigenvalue weighted by atomic mass is 10.2. The van der Waals surface area contributed by atoms with Gasteiger partial charge in [0.15, 0.2) is 0 Å². The Morgan fingerprint density at radius 1 is 1.28 bits per heavy atom. The van der Waals surface area contributed by atoms with Crippen LogP contribution in [0.15, 0.2) is 28.7 Å². The Balaban J connectivity index is 1.72. The van der Waals surface area contributed by atoms with Crippen LogP contribution in [0.2, 0.25) is 0 Å². The summed E-state index contributed by atoms with van der Waals surface area (Å²) in [6.07, 6.45) is 0. The molecule has 0 saturated carbocycles. The summed E-state index contributed by atoms with van der Waals surface area (Å²) in [7, 11) is 0. The van der Waals surface area contributed by atoms with Gasteiger partial charge in [-0.3, -0.25) is 0 Å². The molecule has 1 aromatic carbocycles. The highest BCUT2D eigenvalue weighted by Gasteiger charge is 2.14. The van der Waals surface area contributed by atoms with Crippen molar-refractivity contribution in [2.45, 2.75) is 0 Å². The maximum atomic E-state index is 11.7. The highest BCUT2D eigenvalue weighted by molar-refractivity contribution is 9.10. The number of morpholine rings is 1. The van der Waals surface area contributed by atoms with E-state index in [2.05, 4.69) is 15.9 Å². The van der Waals surface area contributed by atoms with Gasteiger partial charge in [-0.2, -0.15) is 0 Å². The largest absolute Gasteiger partial charge is 0.456 e. The van der Waals surface area contributed by atoms with Crippen molar-refractivity contribution in [3.8, 4) is 0 Å². The summed E-state index contributed by atoms with van der Waals surface area (Å²) in [5.74, 6) is -0.254. The number of benzene rings is 1. The van der Waals surface area contributed by atoms with E-state index in [1.54, 1.807) is 12.1 Å². The van der Waals surface area contributed by atoms with E-state index in [0.29, 0.717) is 12.2 Å². The summed E-state index contributed by atoms with van der Waals surface area (Å²) < 4.78 is 11.5. The molecule has 1 aromatic rings. The lowest BCUT2D eigenvalue weighted by Crippen LogP contribution is -3.14. The minimum atomic E-state index is -0.254. The first-order valence-electron chi connectivity index (χ1n) is 6.10. The fourth-order valence-electron chi connectivity index (χ4n) is 1.87. The minimum Gasteiger partial charge on any atom is -0.456 e. The third kappa shape index (κ3) is 4.08. The first kappa shape index (κ1) is 13.5. The Labute approximate surface area is 115 Å². The zero-order valence-corrected chi connectivity index (χ0v) is 11.7. The number of nitrogens with one attached hydrogen (secondary N) is 1. The summed E-state index contributed by atoms with van der Waals surface area (Å²) in [6.45, 7) is 4.91. The summed E-state index contributed by atoms with van der Waals surface area (Å²) in [5.41, 5.74) is 0.593. The van der Waals surface area contributed by atoms with E-state index in [1.807, 2.05) is 12.1 Å². The van der Waals surface area contributed by atoms with Crippen LogP contribution in [0.3, 0.4) is 0 Å². The summed E-state index contributed by atoms with van der Waals surface area (Å²) in [4.78, 5) is 13.2. The highest BCUT2D eigenvalue weighted by atomic mass is 79.9. The number of rotatable bonds is 4. The average Bonchev–Trinajstić information content (AvgIpc) is 2.40. The summed E-state index contributed by atoms with van der Waals surface area (Å²) in [6, 6.07) is 7.19. The molecule has 0 unspecified atom stereocenters. The van der Waals surface area contributed by atoms with Crippen molar-refractivity contribution < 1.29 is 19.2 Å². The molecule has 0 radical (unpaired) electrons. The van der Waals surface area contributed by atoms with Crippen LogP contribution in [0.1, 0.15) is 10.4 Å². The van der Waals surface area contributed by atoms with Crippen LogP contribution >= 0.6 is 15.9 Å². The molecular formula is C13H17BrNO3+. The molecule has 2 rings (SSSR count). The molecule has 18 heavy (non-hydrogen) atoms. The molecule has 0 spiro atoms. The van der Waals surface area contributed by atoms with E-state index in [9.17, 15) is 4.79 Å². The molecule has 1 aliphatic rings. The van der Waals surface area contributed by atoms with Gasteiger partial charge in [0, 0.05) is 4.47 Å². The molecule has 0 aliphatic carbocycles. The molecule has 4 nitrogen and oxygen atoms in total. The predicted molar refractivity (Wildman–Crippen MR) is 70.8 cm³/mol. The zero-order chi connectivity index (χ0) is 12.8. The van der Waals surface area contributed by atoms with Gasteiger partial charge >= 0.3 is 5.97 Å². The normalized spacial score (nSPS) is 16.5. The molecule has 1 heterocycles. The molecule has 0 atom stereocenters. The maximum Gasteiger partial charge on any atom is 0.338 e. The van der Waals surface area contributed by atoms with Crippen LogP contribution in [0.5, 0.6) is 0 Å². The monoisotopic (exact) mass is 314 g/mol. The van der Waals surface area contributed by atoms with Gasteiger partial charge in [0.1, 0.15) is 26.2 Å². The first-order valence-corrected chi connectivity index (χ1v) is 6.89. The van der Waals surface area contributed by atoms with Crippen LogP contribution < -0.4 is 4.90 Å². The number of esters is 1. The number of carbonyl (C=O) groups is 1. The van der Waals surface area contributed by atoms with E-state index in [4.69, 9.17) is 9.47 Å². The van der Waals surface area contributed by atoms with Gasteiger partial charge in [-0.1, -0.05) is 15.9 Å². The Morgan fingerprint density at radius 3 is 2.61 bits per heavy atom. The van der Waals surface area contributed by atoms with Gasteiger partial charge in [-0.25, -0.2) is 4.79 Å². The maximum absolute atomic E-state index is 11.7. The first-order chi connectivity index (χ1) is 8.75. The number of ether oxygens (including phenoxy) is 2. The van der Waals surface area contributed by atoms with Crippen LogP contribution in [0.25, 0.3) is 0 Å². The van der Waals surface area contributed by atoms with Crippen molar-refractivity contribution in [1.29, 1.82) is 0 Å². The summed E-state index contributed by atoms with van der Waals surface area (Å²) in [5, 5.41) is 0. The van der Waals surface area contributed by atoms with Crippen molar-refractivity contribution in [3.05, 3.63) is 34.3 Å². The molecule has 0 amide bonds. The predicted octanol–water partition coefficient (Wildman–Crippen LogP) is 0.521. The molecule has 5 heteroatoms. The number of hydrogen-bond donors (Lipinski definition) is 1. The van der Waals surface area contributed by atoms with E-state index in [0.717, 1.165) is 37.3 Å². The highest BCUT2D eigenvalue weighted by Crippen LogP contribution is 2.11. The Bertz CT molecular complexity index is 388. The van der Waals surface area contributed by atoms with Gasteiger partial charge < -0.3 is 14.4 Å². The van der Waals surface area contributed by atoms with Crippen LogP contribution in [-0.4, -0.2) is 45.4 Å². The van der Waals surface area contributed by atoms with Crippen LogP contribution in [0.4, 0.5) is 0 Å². The Morgan fingerprint density at radius 2 is 1.94 bits per heavy atom. The smallest absolute Gasteiger partial charge is 0.338 e. The van der Waals surface area contributed by atoms with Gasteiger partial charge in [-0.05, 0) is 24.3 Å². The van der Waals surface area contributed by atoms with E-state index in [1.165, 1.54) is 4.90 Å². The van der Waals surface area contributed by atoms with E-state index >= 15 is 0 Å². The molecule has 98 valence electrons. The SMILES string of the molecule is O=C(OCC[NH+]1CCOCC1)c1ccc(Br)cc1. The Kier molecular flexibility index (Phi) is 5.16. The Hall–Kier alpha value is -0.910. The van der Waals surface area contributed by atoms with Gasteiger partial charge in [0.2, 0.25) is 0 Å². The topological polar surface area (TPSA) is 40.0 Å². The second kappa shape index (κ2) is 6.87. The van der Waals surface area contributed by atoms with Gasteiger partial charge in [-0.15, -0.1) is 0 Å². The molecule has 0 aromatic heterocycles. The molecular weight excluding hydrogens is 298 g/mol. The van der Waals surface area contributed by atoms with E-state index < -0.39 is 0 Å². The van der Waals surface area contributed by atoms with Crippen molar-refractivity contribution in [2.24, 2.45) is 0 Å². The number of quaternary nitrogens is 1. The van der Waals surface area contributed by atoms with Crippen molar-refractivity contribution >= 4 is 21.9 Å². The molecule has 1 fully saturated rings. The van der Waals surface area contributed by atoms with Crippen LogP contribution in [-0.2, 0) is 9.47 Å². The average molecular weight is 315 g/mol. The van der Waals surface area contributed by atoms with Crippen molar-refractivity contribution in [3.63, 3.8) is 0 Å². The quantitative estimate of drug-likeness (QED) is 0.824. The number of hydrogen-bond acceptors (Lipinski definition) is 3. The molecule has 1 saturated heterocycles. The lowest BCUT2D eigenvalue weighted by molar-refractivity contribution is -0.908. The fourth-order valence-corrected chi connectivity index (χ4v) is 2.13. The number of halogens is 1. The third-order valence-electron chi connectivity index (χ3n) is 2.97. The van der Waals surface area contributed by atoms with Crippen molar-refractivity contribution in [1.82, 2.24) is 0 Å². The molecule has 1 aliphatic heterocycles. The zero-order valence-electron chi connectivity index (χ0n) is 10.2. The van der Waals surface area contributed by atoms with Gasteiger partial charge in [0.05, 0.1) is 18.8 Å². The lowest BCUT2D eigenvalue weighted by Gasteiger charge is -2.23. The second-order valence-corrected chi connectivity index (χ2v) is 5.17. The second-order valence-electron chi connectivity index (χ2n) is 4.26. The third-order valence-corrected chi connectivity index (χ3v) is 3.50. The summed E-state index contributed by atoms with van der Waals surface area (Å²) >= 11 is 3.33. The van der Waals surface area contributed by atoms with Crippen LogP contribution in [0, 0.1) is 0 Å². The minimum absolute atomic E-state index is 0.254. The van der Waals surface area contributed by atoms with Gasteiger partial charge in [0.25, 0.3) is 0 Å². The standard InChI is InChI=1S/C13H16BrNO3/c14-12-3-1-11(2-4-12)13(16)18-10-7-15-5-8-17-9-6-15/h1-4H,5-10H2/p+1. The fraction of sp³-hybridized carbons (Fsp3) is 0.462. The van der Waals surface area contributed by atoms with E-state index in [-0.39, 0.29) is 5.97 Å². The van der Waals surface area contributed by atoms with Crippen molar-refractivity contribution in [2.75, 3.05) is 39.5 Å².